The lowest BCUT2D eigenvalue weighted by Crippen LogP contribution is -2.04. The fourth-order valence-corrected chi connectivity index (χ4v) is 2.09. The molecule has 1 aromatic heterocycles. The third kappa shape index (κ3) is 1.81. The molecule has 0 saturated carbocycles. The third-order valence-electron chi connectivity index (χ3n) is 2.53. The summed E-state index contributed by atoms with van der Waals surface area (Å²) in [6.07, 6.45) is 2.10. The predicted octanol–water partition coefficient (Wildman–Crippen LogP) is 2.29. The first kappa shape index (κ1) is 10.4. The van der Waals surface area contributed by atoms with E-state index in [0.717, 1.165) is 23.3 Å². The number of hydrogen-bond acceptors (Lipinski definition) is 3. The minimum absolute atomic E-state index is 0.619. The van der Waals surface area contributed by atoms with Crippen LogP contribution in [-0.4, -0.2) is 21.6 Å². The molecule has 0 aliphatic rings. The summed E-state index contributed by atoms with van der Waals surface area (Å²) in [7, 11) is 0. The predicted molar refractivity (Wildman–Crippen MR) is 67.3 cm³/mol. The number of aromatic nitrogens is 2. The van der Waals surface area contributed by atoms with Gasteiger partial charge < -0.3 is 10.3 Å². The van der Waals surface area contributed by atoms with Crippen molar-refractivity contribution < 1.29 is 0 Å². The number of hydrogen-bond donors (Lipinski definition) is 1. The molecule has 0 fully saturated rings. The number of nitrogens with zero attached hydrogens (tertiary/aromatic N) is 2. The Bertz CT molecular complexity index is 476. The average molecular weight is 221 g/mol. The van der Waals surface area contributed by atoms with Gasteiger partial charge in [0.1, 0.15) is 0 Å². The molecule has 0 aliphatic carbocycles. The summed E-state index contributed by atoms with van der Waals surface area (Å²) in [5.74, 6) is 1.68. The molecule has 3 nitrogen and oxygen atoms in total. The van der Waals surface area contributed by atoms with Gasteiger partial charge in [-0.25, -0.2) is 4.98 Å². The van der Waals surface area contributed by atoms with E-state index in [9.17, 15) is 0 Å². The van der Waals surface area contributed by atoms with E-state index in [2.05, 4.69) is 34.9 Å². The Morgan fingerprint density at radius 3 is 3.00 bits per heavy atom. The molecule has 15 heavy (non-hydrogen) atoms. The maximum absolute atomic E-state index is 5.91. The molecule has 0 saturated heterocycles. The minimum atomic E-state index is 0.619. The first-order chi connectivity index (χ1) is 7.24. The van der Waals surface area contributed by atoms with Gasteiger partial charge in [0.05, 0.1) is 11.0 Å². The lowest BCUT2D eigenvalue weighted by molar-refractivity contribution is 0.810. The fraction of sp³-hybridized carbons (Fsp3) is 0.364. The van der Waals surface area contributed by atoms with Crippen LogP contribution in [0.3, 0.4) is 0 Å². The van der Waals surface area contributed by atoms with Crippen LogP contribution >= 0.6 is 11.8 Å². The summed E-state index contributed by atoms with van der Waals surface area (Å²) in [4.78, 5) is 4.40. The standard InChI is InChI=1S/C11H15N3S/c1-8-4-3-5-9-10(8)13-11(12)14(9)6-7-15-2/h3-5H,6-7H2,1-2H3,(H2,12,13). The van der Waals surface area contributed by atoms with E-state index in [4.69, 9.17) is 5.73 Å². The van der Waals surface area contributed by atoms with E-state index in [1.54, 1.807) is 0 Å². The summed E-state index contributed by atoms with van der Waals surface area (Å²) < 4.78 is 2.08. The smallest absolute Gasteiger partial charge is 0.201 e. The lowest BCUT2D eigenvalue weighted by atomic mass is 10.2. The fourth-order valence-electron chi connectivity index (χ4n) is 1.72. The molecule has 0 aliphatic heterocycles. The molecule has 1 aromatic carbocycles. The molecule has 0 amide bonds. The summed E-state index contributed by atoms with van der Waals surface area (Å²) in [5, 5.41) is 0. The van der Waals surface area contributed by atoms with Crippen molar-refractivity contribution in [3.8, 4) is 0 Å². The van der Waals surface area contributed by atoms with E-state index in [1.807, 2.05) is 17.8 Å². The van der Waals surface area contributed by atoms with Crippen molar-refractivity contribution in [2.24, 2.45) is 0 Å². The van der Waals surface area contributed by atoms with Crippen molar-refractivity contribution in [1.29, 1.82) is 0 Å². The number of rotatable bonds is 3. The van der Waals surface area contributed by atoms with Gasteiger partial charge in [0.25, 0.3) is 0 Å². The molecule has 0 unspecified atom stereocenters. The molecule has 2 rings (SSSR count). The number of para-hydroxylation sites is 1. The molecule has 80 valence electrons. The summed E-state index contributed by atoms with van der Waals surface area (Å²) in [5.41, 5.74) is 9.25. The van der Waals surface area contributed by atoms with E-state index in [1.165, 1.54) is 5.56 Å². The normalized spacial score (nSPS) is 11.1. The van der Waals surface area contributed by atoms with Crippen LogP contribution in [0.25, 0.3) is 11.0 Å². The number of aryl methyl sites for hydroxylation is 2. The quantitative estimate of drug-likeness (QED) is 0.864. The molecule has 0 spiro atoms. The van der Waals surface area contributed by atoms with Crippen LogP contribution in [0.1, 0.15) is 5.56 Å². The van der Waals surface area contributed by atoms with E-state index in [-0.39, 0.29) is 0 Å². The van der Waals surface area contributed by atoms with Crippen molar-refractivity contribution >= 4 is 28.7 Å². The SMILES string of the molecule is CSCCn1c(N)nc2c(C)cccc21. The highest BCUT2D eigenvalue weighted by Crippen LogP contribution is 2.21. The van der Waals surface area contributed by atoms with Gasteiger partial charge in [-0.05, 0) is 24.8 Å². The number of fused-ring (bicyclic) bond motifs is 1. The molecule has 4 heteroatoms. The second-order valence-electron chi connectivity index (χ2n) is 3.56. The summed E-state index contributed by atoms with van der Waals surface area (Å²) in [6.45, 7) is 2.99. The molecular weight excluding hydrogens is 206 g/mol. The molecular formula is C11H15N3S. The molecule has 0 radical (unpaired) electrons. The minimum Gasteiger partial charge on any atom is -0.369 e. The van der Waals surface area contributed by atoms with Crippen molar-refractivity contribution in [1.82, 2.24) is 9.55 Å². The maximum atomic E-state index is 5.91. The highest BCUT2D eigenvalue weighted by Gasteiger charge is 2.08. The van der Waals surface area contributed by atoms with E-state index in [0.29, 0.717) is 5.95 Å². The third-order valence-corrected chi connectivity index (χ3v) is 3.12. The van der Waals surface area contributed by atoms with Crippen LogP contribution in [0, 0.1) is 6.92 Å². The van der Waals surface area contributed by atoms with Gasteiger partial charge in [0.15, 0.2) is 0 Å². The maximum Gasteiger partial charge on any atom is 0.201 e. The Balaban J connectivity index is 2.53. The Kier molecular flexibility index (Phi) is 2.86. The molecule has 2 N–H and O–H groups in total. The van der Waals surface area contributed by atoms with Gasteiger partial charge in [0, 0.05) is 12.3 Å². The topological polar surface area (TPSA) is 43.8 Å². The van der Waals surface area contributed by atoms with Crippen molar-refractivity contribution in [2.45, 2.75) is 13.5 Å². The van der Waals surface area contributed by atoms with Gasteiger partial charge in [-0.1, -0.05) is 12.1 Å². The van der Waals surface area contributed by atoms with Gasteiger partial charge in [-0.15, -0.1) is 0 Å². The number of anilines is 1. The second-order valence-corrected chi connectivity index (χ2v) is 4.54. The number of thioether (sulfide) groups is 1. The van der Waals surface area contributed by atoms with Gasteiger partial charge in [-0.2, -0.15) is 11.8 Å². The van der Waals surface area contributed by atoms with Gasteiger partial charge >= 0.3 is 0 Å². The van der Waals surface area contributed by atoms with Crippen LogP contribution in [0.15, 0.2) is 18.2 Å². The van der Waals surface area contributed by atoms with Gasteiger partial charge in [-0.3, -0.25) is 0 Å². The van der Waals surface area contributed by atoms with Crippen LogP contribution in [0.5, 0.6) is 0 Å². The number of nitrogen functional groups attached to an aromatic ring is 1. The average Bonchev–Trinajstić information content (AvgIpc) is 2.54. The van der Waals surface area contributed by atoms with Crippen molar-refractivity contribution in [2.75, 3.05) is 17.7 Å². The Labute approximate surface area is 93.7 Å². The van der Waals surface area contributed by atoms with E-state index < -0.39 is 0 Å². The second kappa shape index (κ2) is 4.14. The number of benzene rings is 1. The Hall–Kier alpha value is -1.16. The Morgan fingerprint density at radius 1 is 1.47 bits per heavy atom. The zero-order valence-corrected chi connectivity index (χ0v) is 9.84. The zero-order valence-electron chi connectivity index (χ0n) is 9.03. The zero-order chi connectivity index (χ0) is 10.8. The highest BCUT2D eigenvalue weighted by molar-refractivity contribution is 7.98. The van der Waals surface area contributed by atoms with Crippen molar-refractivity contribution in [3.63, 3.8) is 0 Å². The monoisotopic (exact) mass is 221 g/mol. The molecule has 0 bridgehead atoms. The van der Waals surface area contributed by atoms with Crippen molar-refractivity contribution in [3.05, 3.63) is 23.8 Å². The first-order valence-electron chi connectivity index (χ1n) is 4.94. The summed E-state index contributed by atoms with van der Waals surface area (Å²) >= 11 is 1.82. The van der Waals surface area contributed by atoms with E-state index >= 15 is 0 Å². The summed E-state index contributed by atoms with van der Waals surface area (Å²) in [6, 6.07) is 6.19. The van der Waals surface area contributed by atoms with Gasteiger partial charge in [0.2, 0.25) is 5.95 Å². The first-order valence-corrected chi connectivity index (χ1v) is 6.33. The van der Waals surface area contributed by atoms with Crippen LogP contribution in [0.4, 0.5) is 5.95 Å². The van der Waals surface area contributed by atoms with Crippen LogP contribution in [0.2, 0.25) is 0 Å². The largest absolute Gasteiger partial charge is 0.369 e. The lowest BCUT2D eigenvalue weighted by Gasteiger charge is -2.04. The highest BCUT2D eigenvalue weighted by atomic mass is 32.2. The molecule has 0 atom stereocenters. The number of imidazole rings is 1. The van der Waals surface area contributed by atoms with Crippen LogP contribution in [-0.2, 0) is 6.54 Å². The van der Waals surface area contributed by atoms with Crippen LogP contribution < -0.4 is 5.73 Å². The Morgan fingerprint density at radius 2 is 2.27 bits per heavy atom. The molecule has 2 aromatic rings. The molecule has 1 heterocycles. The number of nitrogens with two attached hydrogens (primary N) is 1.